The minimum atomic E-state index is -0.616. The summed E-state index contributed by atoms with van der Waals surface area (Å²) in [6, 6.07) is -0.340. The van der Waals surface area contributed by atoms with Crippen LogP contribution in [0.3, 0.4) is 0 Å². The van der Waals surface area contributed by atoms with Crippen LogP contribution in [0.1, 0.15) is 45.4 Å². The van der Waals surface area contributed by atoms with Crippen LogP contribution in [0.5, 0.6) is 0 Å². The highest BCUT2D eigenvalue weighted by Gasteiger charge is 2.55. The average Bonchev–Trinajstić information content (AvgIpc) is 3.01. The number of morpholine rings is 1. The predicted molar refractivity (Wildman–Crippen MR) is 114 cm³/mol. The van der Waals surface area contributed by atoms with Gasteiger partial charge in [-0.15, -0.1) is 0 Å². The molecular formula is C23H31ClN2O5. The van der Waals surface area contributed by atoms with Gasteiger partial charge in [-0.2, -0.15) is 0 Å². The first-order chi connectivity index (χ1) is 15.0. The van der Waals surface area contributed by atoms with Gasteiger partial charge in [-0.05, 0) is 57.4 Å². The van der Waals surface area contributed by atoms with Gasteiger partial charge in [0.05, 0.1) is 35.9 Å². The fourth-order valence-corrected chi connectivity index (χ4v) is 6.61. The van der Waals surface area contributed by atoms with Crippen LogP contribution in [0, 0.1) is 11.8 Å². The van der Waals surface area contributed by atoms with Crippen molar-refractivity contribution >= 4 is 23.4 Å². The number of nitrogens with one attached hydrogen (secondary N) is 1. The Labute approximate surface area is 188 Å². The van der Waals surface area contributed by atoms with Crippen molar-refractivity contribution in [3.8, 4) is 0 Å². The van der Waals surface area contributed by atoms with E-state index in [1.807, 2.05) is 17.9 Å². The lowest BCUT2D eigenvalue weighted by atomic mass is 9.75. The molecule has 31 heavy (non-hydrogen) atoms. The third-order valence-corrected chi connectivity index (χ3v) is 8.04. The van der Waals surface area contributed by atoms with Crippen LogP contribution in [0.2, 0.25) is 0 Å². The Bertz CT molecular complexity index is 806. The summed E-state index contributed by atoms with van der Waals surface area (Å²) >= 11 is 6.52. The van der Waals surface area contributed by atoms with Crippen molar-refractivity contribution in [1.29, 1.82) is 0 Å². The van der Waals surface area contributed by atoms with E-state index in [0.29, 0.717) is 30.6 Å². The largest absolute Gasteiger partial charge is 0.486 e. The standard InChI is InChI=1S/C23H31ClN2O5/c1-14-9-23(13-29-11-20(27)25-23)19-10-30-16-7-5-15(6-8-16)17-3-2-4-18(24)22(17)31-12-21(28)26(14)19/h2,4,14-17,19H,3,5-13H2,1H3,(H,25,27)/t14-,15?,16?,17?,19+,23-/m1/s1. The Morgan fingerprint density at radius 2 is 2.00 bits per heavy atom. The van der Waals surface area contributed by atoms with Gasteiger partial charge >= 0.3 is 0 Å². The molecule has 4 aliphatic heterocycles. The molecule has 6 aliphatic rings. The van der Waals surface area contributed by atoms with Gasteiger partial charge in [0, 0.05) is 12.0 Å². The molecule has 4 atom stereocenters. The highest BCUT2D eigenvalue weighted by atomic mass is 35.5. The molecule has 2 amide bonds. The van der Waals surface area contributed by atoms with E-state index in [9.17, 15) is 9.59 Å². The molecule has 0 aromatic heterocycles. The van der Waals surface area contributed by atoms with Gasteiger partial charge in [0.25, 0.3) is 5.91 Å². The highest BCUT2D eigenvalue weighted by Crippen LogP contribution is 2.42. The number of carbonyl (C=O) groups is 2. The molecule has 170 valence electrons. The maximum Gasteiger partial charge on any atom is 0.261 e. The van der Waals surface area contributed by atoms with E-state index in [1.54, 1.807) is 0 Å². The third-order valence-electron chi connectivity index (χ3n) is 7.73. The third kappa shape index (κ3) is 3.89. The van der Waals surface area contributed by atoms with Crippen LogP contribution in [0.15, 0.2) is 22.9 Å². The van der Waals surface area contributed by atoms with E-state index in [-0.39, 0.29) is 49.1 Å². The highest BCUT2D eigenvalue weighted by molar-refractivity contribution is 6.31. The fraction of sp³-hybridized carbons (Fsp3) is 0.739. The fourth-order valence-electron chi connectivity index (χ4n) is 6.33. The lowest BCUT2D eigenvalue weighted by Gasteiger charge is -2.41. The van der Waals surface area contributed by atoms with Crippen molar-refractivity contribution < 1.29 is 23.8 Å². The van der Waals surface area contributed by atoms with Crippen molar-refractivity contribution in [1.82, 2.24) is 10.2 Å². The second-order valence-corrected chi connectivity index (χ2v) is 10.1. The second-order valence-electron chi connectivity index (χ2n) is 9.68. The van der Waals surface area contributed by atoms with Gasteiger partial charge in [-0.3, -0.25) is 9.59 Å². The molecule has 1 spiro atoms. The summed E-state index contributed by atoms with van der Waals surface area (Å²) in [5.41, 5.74) is -0.616. The zero-order chi connectivity index (χ0) is 21.6. The maximum absolute atomic E-state index is 13.4. The first-order valence-corrected chi connectivity index (χ1v) is 11.8. The van der Waals surface area contributed by atoms with Gasteiger partial charge in [0.2, 0.25) is 5.91 Å². The Morgan fingerprint density at radius 1 is 1.19 bits per heavy atom. The molecule has 0 aromatic rings. The Balaban J connectivity index is 1.46. The summed E-state index contributed by atoms with van der Waals surface area (Å²) in [6.45, 7) is 2.80. The molecule has 1 unspecified atom stereocenters. The number of halogens is 1. The first kappa shape index (κ1) is 21.3. The lowest BCUT2D eigenvalue weighted by molar-refractivity contribution is -0.145. The van der Waals surface area contributed by atoms with Gasteiger partial charge in [0.15, 0.2) is 6.61 Å². The summed E-state index contributed by atoms with van der Waals surface area (Å²) in [5, 5.41) is 3.75. The zero-order valence-corrected chi connectivity index (χ0v) is 18.7. The van der Waals surface area contributed by atoms with Gasteiger partial charge < -0.3 is 24.4 Å². The molecule has 0 aromatic carbocycles. The molecule has 1 saturated carbocycles. The minimum Gasteiger partial charge on any atom is -0.486 e. The van der Waals surface area contributed by atoms with Crippen molar-refractivity contribution in [3.05, 3.63) is 22.9 Å². The average molecular weight is 451 g/mol. The summed E-state index contributed by atoms with van der Waals surface area (Å²) < 4.78 is 18.1. The number of nitrogens with zero attached hydrogens (tertiary/aromatic N) is 1. The molecule has 4 saturated heterocycles. The van der Waals surface area contributed by atoms with Crippen LogP contribution in [0.25, 0.3) is 0 Å². The monoisotopic (exact) mass is 450 g/mol. The van der Waals surface area contributed by atoms with Crippen molar-refractivity contribution in [2.45, 2.75) is 69.2 Å². The number of fused-ring (bicyclic) bond motifs is 5. The first-order valence-electron chi connectivity index (χ1n) is 11.5. The summed E-state index contributed by atoms with van der Waals surface area (Å²) in [4.78, 5) is 27.4. The van der Waals surface area contributed by atoms with Gasteiger partial charge in [0.1, 0.15) is 12.4 Å². The van der Waals surface area contributed by atoms with Crippen molar-refractivity contribution in [3.63, 3.8) is 0 Å². The number of amides is 2. The van der Waals surface area contributed by atoms with Crippen molar-refractivity contribution in [2.24, 2.45) is 11.8 Å². The van der Waals surface area contributed by atoms with E-state index in [1.165, 1.54) is 0 Å². The van der Waals surface area contributed by atoms with E-state index in [0.717, 1.165) is 37.9 Å². The van der Waals surface area contributed by atoms with Crippen LogP contribution in [-0.4, -0.2) is 66.9 Å². The number of hydrogen-bond acceptors (Lipinski definition) is 5. The maximum atomic E-state index is 13.4. The topological polar surface area (TPSA) is 77.1 Å². The number of hydrogen-bond donors (Lipinski definition) is 1. The zero-order valence-electron chi connectivity index (χ0n) is 18.0. The van der Waals surface area contributed by atoms with Crippen LogP contribution >= 0.6 is 11.6 Å². The summed E-state index contributed by atoms with van der Waals surface area (Å²) in [6.07, 6.45) is 9.79. The summed E-state index contributed by atoms with van der Waals surface area (Å²) in [5.74, 6) is 1.22. The molecule has 2 aliphatic carbocycles. The van der Waals surface area contributed by atoms with Crippen molar-refractivity contribution in [2.75, 3.05) is 26.4 Å². The molecule has 1 N–H and O–H groups in total. The predicted octanol–water partition coefficient (Wildman–Crippen LogP) is 2.49. The van der Waals surface area contributed by atoms with Gasteiger partial charge in [-0.25, -0.2) is 0 Å². The van der Waals surface area contributed by atoms with Crippen LogP contribution in [0.4, 0.5) is 0 Å². The lowest BCUT2D eigenvalue weighted by Crippen LogP contribution is -2.65. The Hall–Kier alpha value is -1.57. The Kier molecular flexibility index (Phi) is 5.78. The molecule has 5 fully saturated rings. The number of carbonyl (C=O) groups excluding carboxylic acids is 2. The molecule has 7 nitrogen and oxygen atoms in total. The molecular weight excluding hydrogens is 420 g/mol. The molecule has 0 radical (unpaired) electrons. The van der Waals surface area contributed by atoms with Crippen LogP contribution < -0.4 is 5.32 Å². The van der Waals surface area contributed by atoms with E-state index in [2.05, 4.69) is 11.4 Å². The second kappa shape index (κ2) is 8.41. The molecule has 2 bridgehead atoms. The SMILES string of the molecule is C[C@@H]1C[C@@]2(COCC(=O)N2)[C@@H]2COC3CCC(CC3)C3CC=CC(Cl)=C3OCC(=O)N12. The van der Waals surface area contributed by atoms with Gasteiger partial charge in [-0.1, -0.05) is 17.7 Å². The smallest absolute Gasteiger partial charge is 0.261 e. The van der Waals surface area contributed by atoms with E-state index in [4.69, 9.17) is 25.8 Å². The quantitative estimate of drug-likeness (QED) is 0.613. The molecule has 4 heterocycles. The molecule has 8 heteroatoms. The minimum absolute atomic E-state index is 0.0559. The number of rotatable bonds is 0. The van der Waals surface area contributed by atoms with Crippen LogP contribution in [-0.2, 0) is 23.8 Å². The van der Waals surface area contributed by atoms with E-state index >= 15 is 0 Å². The molecule has 6 rings (SSSR count). The number of allylic oxidation sites excluding steroid dienone is 4. The normalized spacial score (nSPS) is 41.1. The Morgan fingerprint density at radius 3 is 2.77 bits per heavy atom. The number of ether oxygens (including phenoxy) is 3. The van der Waals surface area contributed by atoms with E-state index < -0.39 is 5.54 Å². The summed E-state index contributed by atoms with van der Waals surface area (Å²) in [7, 11) is 0.